The third-order valence-corrected chi connectivity index (χ3v) is 4.96. The maximum atomic E-state index is 12.5. The van der Waals surface area contributed by atoms with E-state index in [2.05, 4.69) is 10.3 Å². The number of nitrogens with one attached hydrogen (secondary N) is 1. The molecule has 0 spiro atoms. The molecular weight excluding hydrogens is 351 g/mol. The number of amides is 3. The molecular formula is C16H22F3N5O2. The average Bonchev–Trinajstić information content (AvgIpc) is 3.24. The Morgan fingerprint density at radius 2 is 1.81 bits per heavy atom. The van der Waals surface area contributed by atoms with Gasteiger partial charge < -0.3 is 19.7 Å². The van der Waals surface area contributed by atoms with Crippen LogP contribution in [0.2, 0.25) is 0 Å². The van der Waals surface area contributed by atoms with Gasteiger partial charge >= 0.3 is 18.1 Å². The number of hydrogen-bond acceptors (Lipinski definition) is 3. The molecule has 144 valence electrons. The molecule has 3 amide bonds. The van der Waals surface area contributed by atoms with Crippen molar-refractivity contribution in [1.29, 1.82) is 0 Å². The molecule has 0 atom stereocenters. The van der Waals surface area contributed by atoms with Crippen molar-refractivity contribution in [2.75, 3.05) is 32.7 Å². The molecule has 2 heterocycles. The van der Waals surface area contributed by atoms with E-state index >= 15 is 0 Å². The Labute approximate surface area is 149 Å². The number of imidazole rings is 1. The summed E-state index contributed by atoms with van der Waals surface area (Å²) in [7, 11) is 0. The highest BCUT2D eigenvalue weighted by molar-refractivity contribution is 5.82. The van der Waals surface area contributed by atoms with E-state index in [0.717, 1.165) is 24.3 Å². The Kier molecular flexibility index (Phi) is 5.10. The van der Waals surface area contributed by atoms with E-state index in [-0.39, 0.29) is 31.1 Å². The lowest BCUT2D eigenvalue weighted by Gasteiger charge is -2.24. The first-order chi connectivity index (χ1) is 12.3. The number of carbonyl (C=O) groups is 2. The van der Waals surface area contributed by atoms with Crippen molar-refractivity contribution in [3.8, 4) is 0 Å². The molecule has 1 aliphatic heterocycles. The SMILES string of the molecule is O=C(NCC1(Cn2ccnc2)CC1)N1CCCN(C(=O)C(F)(F)F)CC1. The van der Waals surface area contributed by atoms with Gasteiger partial charge in [0.2, 0.25) is 0 Å². The third kappa shape index (κ3) is 4.47. The van der Waals surface area contributed by atoms with Crippen LogP contribution < -0.4 is 5.32 Å². The Balaban J connectivity index is 1.47. The Morgan fingerprint density at radius 3 is 2.42 bits per heavy atom. The molecule has 1 N–H and O–H groups in total. The summed E-state index contributed by atoms with van der Waals surface area (Å²) in [5, 5.41) is 2.90. The van der Waals surface area contributed by atoms with Crippen LogP contribution in [-0.4, -0.2) is 70.2 Å². The highest BCUT2D eigenvalue weighted by Crippen LogP contribution is 2.46. The molecule has 26 heavy (non-hydrogen) atoms. The van der Waals surface area contributed by atoms with Crippen LogP contribution in [0, 0.1) is 5.41 Å². The lowest BCUT2D eigenvalue weighted by molar-refractivity contribution is -0.185. The summed E-state index contributed by atoms with van der Waals surface area (Å²) >= 11 is 0. The van der Waals surface area contributed by atoms with Crippen molar-refractivity contribution in [1.82, 2.24) is 24.7 Å². The van der Waals surface area contributed by atoms with Gasteiger partial charge in [0, 0.05) is 57.1 Å². The van der Waals surface area contributed by atoms with E-state index in [0.29, 0.717) is 19.5 Å². The zero-order chi connectivity index (χ0) is 18.8. The van der Waals surface area contributed by atoms with Gasteiger partial charge in [0.1, 0.15) is 0 Å². The number of rotatable bonds is 4. The van der Waals surface area contributed by atoms with Crippen LogP contribution in [0.5, 0.6) is 0 Å². The number of urea groups is 1. The van der Waals surface area contributed by atoms with Crippen molar-refractivity contribution < 1.29 is 22.8 Å². The van der Waals surface area contributed by atoms with Crippen molar-refractivity contribution >= 4 is 11.9 Å². The van der Waals surface area contributed by atoms with E-state index < -0.39 is 12.1 Å². The van der Waals surface area contributed by atoms with Gasteiger partial charge in [-0.3, -0.25) is 4.79 Å². The summed E-state index contributed by atoms with van der Waals surface area (Å²) in [4.78, 5) is 30.0. The van der Waals surface area contributed by atoms with Gasteiger partial charge in [-0.15, -0.1) is 0 Å². The molecule has 1 aliphatic carbocycles. The first-order valence-electron chi connectivity index (χ1n) is 8.64. The summed E-state index contributed by atoms with van der Waals surface area (Å²) in [6.45, 7) is 1.63. The molecule has 2 aliphatic rings. The number of carbonyl (C=O) groups excluding carboxylic acids is 2. The molecule has 0 unspecified atom stereocenters. The van der Waals surface area contributed by atoms with Gasteiger partial charge in [-0.05, 0) is 19.3 Å². The Morgan fingerprint density at radius 1 is 1.12 bits per heavy atom. The predicted octanol–water partition coefficient (Wildman–Crippen LogP) is 1.47. The minimum Gasteiger partial charge on any atom is -0.337 e. The summed E-state index contributed by atoms with van der Waals surface area (Å²) in [5.41, 5.74) is 0.0283. The Bertz CT molecular complexity index is 643. The lowest BCUT2D eigenvalue weighted by Crippen LogP contribution is -2.46. The van der Waals surface area contributed by atoms with Crippen molar-refractivity contribution in [2.45, 2.75) is 32.0 Å². The summed E-state index contributed by atoms with van der Waals surface area (Å²) in [6, 6.07) is -0.289. The standard InChI is InChI=1S/C16H22F3N5O2/c17-16(18,19)13(25)23-5-1-6-24(9-8-23)14(26)21-10-15(2-3-15)11-22-7-4-20-12-22/h4,7,12H,1-3,5-6,8-11H2,(H,21,26). The fourth-order valence-corrected chi connectivity index (χ4v) is 3.21. The number of hydrogen-bond donors (Lipinski definition) is 1. The van der Waals surface area contributed by atoms with Crippen LogP contribution in [0.25, 0.3) is 0 Å². The normalized spacial score (nSPS) is 19.8. The zero-order valence-electron chi connectivity index (χ0n) is 14.3. The lowest BCUT2D eigenvalue weighted by atomic mass is 10.1. The number of halogens is 3. The van der Waals surface area contributed by atoms with Gasteiger partial charge in [-0.25, -0.2) is 9.78 Å². The molecule has 3 rings (SSSR count). The van der Waals surface area contributed by atoms with Crippen LogP contribution in [0.4, 0.5) is 18.0 Å². The van der Waals surface area contributed by atoms with Gasteiger partial charge in [0.25, 0.3) is 0 Å². The van der Waals surface area contributed by atoms with Crippen LogP contribution >= 0.6 is 0 Å². The molecule has 10 heteroatoms. The van der Waals surface area contributed by atoms with E-state index in [1.165, 1.54) is 4.90 Å². The van der Waals surface area contributed by atoms with E-state index in [1.807, 2.05) is 10.8 Å². The molecule has 0 aromatic carbocycles. The first kappa shape index (κ1) is 18.5. The van der Waals surface area contributed by atoms with Crippen molar-refractivity contribution in [3.05, 3.63) is 18.7 Å². The van der Waals surface area contributed by atoms with Crippen molar-refractivity contribution in [2.24, 2.45) is 5.41 Å². The number of alkyl halides is 3. The fourth-order valence-electron chi connectivity index (χ4n) is 3.21. The first-order valence-corrected chi connectivity index (χ1v) is 8.64. The van der Waals surface area contributed by atoms with Crippen LogP contribution in [0.1, 0.15) is 19.3 Å². The molecule has 0 radical (unpaired) electrons. The Hall–Kier alpha value is -2.26. The molecule has 1 saturated heterocycles. The van der Waals surface area contributed by atoms with Gasteiger partial charge in [0.05, 0.1) is 6.33 Å². The second-order valence-electron chi connectivity index (χ2n) is 7.02. The van der Waals surface area contributed by atoms with Crippen LogP contribution in [-0.2, 0) is 11.3 Å². The quantitative estimate of drug-likeness (QED) is 0.869. The highest BCUT2D eigenvalue weighted by atomic mass is 19.4. The average molecular weight is 373 g/mol. The molecule has 0 bridgehead atoms. The maximum absolute atomic E-state index is 12.5. The van der Waals surface area contributed by atoms with Gasteiger partial charge in [-0.1, -0.05) is 0 Å². The predicted molar refractivity (Wildman–Crippen MR) is 86.1 cm³/mol. The topological polar surface area (TPSA) is 70.5 Å². The molecule has 7 nitrogen and oxygen atoms in total. The third-order valence-electron chi connectivity index (χ3n) is 4.96. The highest BCUT2D eigenvalue weighted by Gasteiger charge is 2.44. The number of aromatic nitrogens is 2. The smallest absolute Gasteiger partial charge is 0.337 e. The minimum absolute atomic E-state index is 0.00664. The molecule has 1 aromatic heterocycles. The van der Waals surface area contributed by atoms with E-state index in [1.54, 1.807) is 12.5 Å². The largest absolute Gasteiger partial charge is 0.471 e. The summed E-state index contributed by atoms with van der Waals surface area (Å²) in [5.74, 6) is -1.84. The number of nitrogens with zero attached hydrogens (tertiary/aromatic N) is 4. The molecule has 1 saturated carbocycles. The second-order valence-corrected chi connectivity index (χ2v) is 7.02. The van der Waals surface area contributed by atoms with E-state index in [9.17, 15) is 22.8 Å². The van der Waals surface area contributed by atoms with Gasteiger partial charge in [-0.2, -0.15) is 13.2 Å². The summed E-state index contributed by atoms with van der Waals surface area (Å²) in [6.07, 6.45) is 2.81. The second kappa shape index (κ2) is 7.16. The van der Waals surface area contributed by atoms with Crippen LogP contribution in [0.3, 0.4) is 0 Å². The van der Waals surface area contributed by atoms with Gasteiger partial charge in [0.15, 0.2) is 0 Å². The van der Waals surface area contributed by atoms with Crippen molar-refractivity contribution in [3.63, 3.8) is 0 Å². The van der Waals surface area contributed by atoms with Crippen LogP contribution in [0.15, 0.2) is 18.7 Å². The zero-order valence-corrected chi connectivity index (χ0v) is 14.3. The maximum Gasteiger partial charge on any atom is 0.471 e. The fraction of sp³-hybridized carbons (Fsp3) is 0.688. The molecule has 2 fully saturated rings. The molecule has 1 aromatic rings. The summed E-state index contributed by atoms with van der Waals surface area (Å²) < 4.78 is 39.6. The van der Waals surface area contributed by atoms with E-state index in [4.69, 9.17) is 0 Å². The minimum atomic E-state index is -4.87. The monoisotopic (exact) mass is 373 g/mol.